The number of imidazole rings is 2. The summed E-state index contributed by atoms with van der Waals surface area (Å²) < 4.78 is 7.19. The zero-order valence-corrected chi connectivity index (χ0v) is 36.9. The van der Waals surface area contributed by atoms with Gasteiger partial charge in [-0.15, -0.1) is 0 Å². The second kappa shape index (κ2) is 17.2. The van der Waals surface area contributed by atoms with E-state index in [1.807, 2.05) is 0 Å². The first-order chi connectivity index (χ1) is 28.0. The zero-order chi connectivity index (χ0) is 41.2. The molecule has 2 heterocycles. The molecule has 0 amide bonds. The van der Waals surface area contributed by atoms with E-state index < -0.39 is 0 Å². The van der Waals surface area contributed by atoms with Gasteiger partial charge in [0.15, 0.2) is 11.4 Å². The molecule has 1 aliphatic rings. The fourth-order valence-corrected chi connectivity index (χ4v) is 9.41. The highest BCUT2D eigenvalue weighted by Gasteiger charge is 2.34. The molecule has 0 fully saturated rings. The molecule has 0 spiro atoms. The maximum Gasteiger partial charge on any atom is 0.289 e. The van der Waals surface area contributed by atoms with Crippen molar-refractivity contribution in [1.29, 1.82) is 0 Å². The van der Waals surface area contributed by atoms with Crippen molar-refractivity contribution in [3.63, 3.8) is 0 Å². The first kappa shape index (κ1) is 40.7. The highest BCUT2D eigenvalue weighted by Crippen LogP contribution is 2.43. The normalized spacial score (nSPS) is 14.9. The van der Waals surface area contributed by atoms with E-state index in [9.17, 15) is 0 Å². The van der Waals surface area contributed by atoms with Crippen molar-refractivity contribution in [2.45, 2.75) is 93.4 Å². The predicted octanol–water partition coefficient (Wildman–Crippen LogP) is 13.8. The highest BCUT2D eigenvalue weighted by molar-refractivity contribution is 5.88. The number of hydrogen-bond acceptors (Lipinski definition) is 1. The molecular formula is C54H63N4+. The van der Waals surface area contributed by atoms with Crippen LogP contribution in [0.4, 0.5) is 0 Å². The Morgan fingerprint density at radius 3 is 1.91 bits per heavy atom. The molecule has 2 unspecified atom stereocenters. The van der Waals surface area contributed by atoms with E-state index in [4.69, 9.17) is 4.98 Å². The van der Waals surface area contributed by atoms with Gasteiger partial charge in [0.05, 0.1) is 31.0 Å². The van der Waals surface area contributed by atoms with Crippen molar-refractivity contribution >= 4 is 5.57 Å². The minimum absolute atomic E-state index is 0.441. The van der Waals surface area contributed by atoms with Gasteiger partial charge in [0.25, 0.3) is 5.82 Å². The Balaban J connectivity index is 1.39. The van der Waals surface area contributed by atoms with Gasteiger partial charge < -0.3 is 4.57 Å². The van der Waals surface area contributed by atoms with Crippen LogP contribution in [0.1, 0.15) is 99.2 Å². The van der Waals surface area contributed by atoms with E-state index in [0.29, 0.717) is 11.8 Å². The van der Waals surface area contributed by atoms with E-state index >= 15 is 0 Å². The first-order valence-corrected chi connectivity index (χ1v) is 21.5. The van der Waals surface area contributed by atoms with Crippen LogP contribution in [-0.4, -0.2) is 14.1 Å². The van der Waals surface area contributed by atoms with Crippen LogP contribution in [0.25, 0.3) is 62.1 Å². The molecule has 0 saturated heterocycles. The lowest BCUT2D eigenvalue weighted by atomic mass is 9.88. The average molecular weight is 768 g/mol. The third-order valence-electron chi connectivity index (χ3n) is 13.0. The summed E-state index contributed by atoms with van der Waals surface area (Å²) in [5.41, 5.74) is 19.9. The lowest BCUT2D eigenvalue weighted by molar-refractivity contribution is -0.648. The standard InChI is InChI=1S/C54H63N4/c1-12-14-22-36(4)42-27-31-43(32-28-42)49-50(44-23-17-15-18-24-44)56(9)53(55-49)47-37(5)39(7)48(40(8)38(47)6)54-57(10)51(45-25-19-16-20-26-45)52(58(54)11)46-33-29-41(30-34-46)35(3)21-13-2/h15-20,22-27,29-35,42H,12-14,21,28H2,1-11H3/q+1. The van der Waals surface area contributed by atoms with Crippen molar-refractivity contribution < 1.29 is 4.57 Å². The number of allylic oxidation sites excluding steroid dienone is 6. The van der Waals surface area contributed by atoms with E-state index in [1.54, 1.807) is 0 Å². The molecule has 2 atom stereocenters. The van der Waals surface area contributed by atoms with Crippen LogP contribution in [0, 0.1) is 33.6 Å². The molecule has 58 heavy (non-hydrogen) atoms. The van der Waals surface area contributed by atoms with Crippen LogP contribution in [0.3, 0.4) is 0 Å². The van der Waals surface area contributed by atoms with Crippen LogP contribution < -0.4 is 4.57 Å². The van der Waals surface area contributed by atoms with Crippen LogP contribution in [0.5, 0.6) is 0 Å². The third kappa shape index (κ3) is 7.39. The van der Waals surface area contributed by atoms with Gasteiger partial charge in [-0.3, -0.25) is 0 Å². The quantitative estimate of drug-likeness (QED) is 0.0900. The van der Waals surface area contributed by atoms with Crippen molar-refractivity contribution in [2.24, 2.45) is 27.1 Å². The summed E-state index contributed by atoms with van der Waals surface area (Å²) in [5, 5.41) is 0. The van der Waals surface area contributed by atoms with E-state index in [0.717, 1.165) is 30.1 Å². The van der Waals surface area contributed by atoms with Gasteiger partial charge in [0.2, 0.25) is 0 Å². The molecule has 7 rings (SSSR count). The smallest absolute Gasteiger partial charge is 0.289 e. The SMILES string of the molecule is CCCC=C(C)C1C=CC(c2nc(-c3c(C)c(C)c(-c4n(C)c(-c5ccc(C(C)CCC)cc5)c(-c5ccccc5)[n+]4C)c(C)c3C)n(C)c2-c2ccccc2)=CC1. The van der Waals surface area contributed by atoms with Crippen LogP contribution in [0.2, 0.25) is 0 Å². The Labute approximate surface area is 348 Å². The number of unbranched alkanes of at least 4 members (excludes halogenated alkanes) is 1. The Morgan fingerprint density at radius 2 is 1.34 bits per heavy atom. The summed E-state index contributed by atoms with van der Waals surface area (Å²) in [6, 6.07) is 31.0. The second-order valence-corrected chi connectivity index (χ2v) is 16.7. The average Bonchev–Trinajstić information content (AvgIpc) is 3.72. The Bertz CT molecular complexity index is 2490. The molecule has 0 radical (unpaired) electrons. The Kier molecular flexibility index (Phi) is 12.0. The lowest BCUT2D eigenvalue weighted by Gasteiger charge is -2.19. The highest BCUT2D eigenvalue weighted by atomic mass is 15.2. The number of rotatable bonds is 12. The summed E-state index contributed by atoms with van der Waals surface area (Å²) in [6.45, 7) is 18.4. The van der Waals surface area contributed by atoms with Crippen LogP contribution in [-0.2, 0) is 21.1 Å². The summed E-state index contributed by atoms with van der Waals surface area (Å²) in [4.78, 5) is 5.59. The van der Waals surface area contributed by atoms with Gasteiger partial charge in [-0.05, 0) is 93.2 Å². The largest absolute Gasteiger partial charge is 0.327 e. The monoisotopic (exact) mass is 768 g/mol. The van der Waals surface area contributed by atoms with Gasteiger partial charge in [0, 0.05) is 35.2 Å². The Morgan fingerprint density at radius 1 is 0.759 bits per heavy atom. The number of benzene rings is 4. The molecule has 2 aromatic heterocycles. The maximum atomic E-state index is 5.59. The molecule has 0 aliphatic heterocycles. The molecule has 6 aromatic rings. The van der Waals surface area contributed by atoms with E-state index in [1.165, 1.54) is 103 Å². The van der Waals surface area contributed by atoms with Crippen LogP contribution in [0.15, 0.2) is 115 Å². The van der Waals surface area contributed by atoms with Crippen molar-refractivity contribution in [1.82, 2.24) is 14.1 Å². The number of aromatic nitrogens is 4. The topological polar surface area (TPSA) is 26.6 Å². The molecule has 4 aromatic carbocycles. The van der Waals surface area contributed by atoms with Gasteiger partial charge in [-0.25, -0.2) is 14.1 Å². The predicted molar refractivity (Wildman–Crippen MR) is 247 cm³/mol. The van der Waals surface area contributed by atoms with Crippen LogP contribution >= 0.6 is 0 Å². The van der Waals surface area contributed by atoms with Gasteiger partial charge >= 0.3 is 0 Å². The van der Waals surface area contributed by atoms with Crippen molar-refractivity contribution in [3.8, 4) is 56.5 Å². The minimum Gasteiger partial charge on any atom is -0.327 e. The summed E-state index contributed by atoms with van der Waals surface area (Å²) in [7, 11) is 6.68. The summed E-state index contributed by atoms with van der Waals surface area (Å²) >= 11 is 0. The minimum atomic E-state index is 0.441. The molecule has 0 saturated carbocycles. The van der Waals surface area contributed by atoms with Crippen molar-refractivity contribution in [2.75, 3.05) is 0 Å². The molecule has 298 valence electrons. The fourth-order valence-electron chi connectivity index (χ4n) is 9.41. The lowest BCUT2D eigenvalue weighted by Crippen LogP contribution is -2.32. The summed E-state index contributed by atoms with van der Waals surface area (Å²) in [5.74, 6) is 3.20. The zero-order valence-electron chi connectivity index (χ0n) is 36.9. The summed E-state index contributed by atoms with van der Waals surface area (Å²) in [6.07, 6.45) is 15.2. The molecule has 0 N–H and O–H groups in total. The van der Waals surface area contributed by atoms with Gasteiger partial charge in [0.1, 0.15) is 5.82 Å². The maximum absolute atomic E-state index is 5.59. The fraction of sp³-hybridized carbons (Fsp3) is 0.333. The van der Waals surface area contributed by atoms with Crippen molar-refractivity contribution in [3.05, 3.63) is 148 Å². The Hall–Kier alpha value is -5.48. The second-order valence-electron chi connectivity index (χ2n) is 16.7. The van der Waals surface area contributed by atoms with Gasteiger partial charge in [-0.2, -0.15) is 0 Å². The van der Waals surface area contributed by atoms with Gasteiger partial charge in [-0.1, -0.05) is 148 Å². The molecule has 4 nitrogen and oxygen atoms in total. The third-order valence-corrected chi connectivity index (χ3v) is 13.0. The molecule has 4 heteroatoms. The first-order valence-electron chi connectivity index (χ1n) is 21.5. The number of nitrogens with zero attached hydrogens (tertiary/aromatic N) is 4. The molecular weight excluding hydrogens is 705 g/mol. The van der Waals surface area contributed by atoms with E-state index in [2.05, 4.69) is 199 Å². The number of hydrogen-bond donors (Lipinski definition) is 0. The molecule has 0 bridgehead atoms. The van der Waals surface area contributed by atoms with E-state index in [-0.39, 0.29) is 0 Å². The molecule has 1 aliphatic carbocycles.